The molecule has 1 radical (unpaired) electrons. The van der Waals surface area contributed by atoms with E-state index in [4.69, 9.17) is 9.59 Å². The molecule has 0 atom stereocenters. The summed E-state index contributed by atoms with van der Waals surface area (Å²) in [6, 6.07) is 0. The number of hydrogen-bond acceptors (Lipinski definition) is 2. The van der Waals surface area contributed by atoms with Gasteiger partial charge in [-0.2, -0.15) is 0 Å². The van der Waals surface area contributed by atoms with Crippen molar-refractivity contribution in [1.29, 1.82) is 0 Å². The molecule has 0 heterocycles. The van der Waals surface area contributed by atoms with Gasteiger partial charge in [-0.1, -0.05) is 0 Å². The zero-order chi connectivity index (χ0) is 4.12. The third-order valence-corrected chi connectivity index (χ3v) is 0.144. The SMILES string of the molecule is O=[C-]C[C-]=O.[Y]. The second kappa shape index (κ2) is 9.06. The van der Waals surface area contributed by atoms with Crippen LogP contribution >= 0.6 is 0 Å². The Labute approximate surface area is 61.2 Å². The Hall–Kier alpha value is 0.444. The van der Waals surface area contributed by atoms with Crippen molar-refractivity contribution in [3.8, 4) is 0 Å². The van der Waals surface area contributed by atoms with Gasteiger partial charge in [0.25, 0.3) is 0 Å². The zero-order valence-electron chi connectivity index (χ0n) is 3.10. The second-order valence-corrected chi connectivity index (χ2v) is 0.465. The molecular weight excluding hydrogens is 157 g/mol. The molecule has 0 rings (SSSR count). The Morgan fingerprint density at radius 2 is 1.50 bits per heavy atom. The maximum Gasteiger partial charge on any atom is 0 e. The quantitative estimate of drug-likeness (QED) is 0.405. The Balaban J connectivity index is 0. The van der Waals surface area contributed by atoms with E-state index in [-0.39, 0.29) is 39.1 Å². The van der Waals surface area contributed by atoms with E-state index in [0.29, 0.717) is 0 Å². The van der Waals surface area contributed by atoms with Crippen molar-refractivity contribution in [3.05, 3.63) is 0 Å². The van der Waals surface area contributed by atoms with Crippen LogP contribution in [-0.2, 0) is 42.3 Å². The third-order valence-electron chi connectivity index (χ3n) is 0.144. The molecule has 0 saturated carbocycles. The minimum Gasteiger partial charge on any atom is -0.544 e. The van der Waals surface area contributed by atoms with E-state index in [1.165, 1.54) is 12.6 Å². The summed E-state index contributed by atoms with van der Waals surface area (Å²) in [4.78, 5) is 18.0. The molecular formula is C3H2O2Y-2. The van der Waals surface area contributed by atoms with Crippen LogP contribution in [0.4, 0.5) is 0 Å². The topological polar surface area (TPSA) is 34.1 Å². The van der Waals surface area contributed by atoms with Crippen molar-refractivity contribution in [2.45, 2.75) is 6.42 Å². The first-order chi connectivity index (χ1) is 2.41. The van der Waals surface area contributed by atoms with Crippen LogP contribution in [0.15, 0.2) is 0 Å². The van der Waals surface area contributed by atoms with E-state index in [9.17, 15) is 0 Å². The molecule has 0 bridgehead atoms. The Bertz CT molecular complexity index is 38.1. The molecule has 0 fully saturated rings. The van der Waals surface area contributed by atoms with Gasteiger partial charge in [0.15, 0.2) is 0 Å². The van der Waals surface area contributed by atoms with Gasteiger partial charge in [-0.05, 0) is 0 Å². The predicted octanol–water partition coefficient (Wildman–Crippen LogP) is -0.407. The minimum atomic E-state index is -0.222. The monoisotopic (exact) mass is 159 g/mol. The number of rotatable bonds is 2. The first kappa shape index (κ1) is 9.67. The molecule has 0 amide bonds. The molecule has 0 saturated heterocycles. The number of hydrogen-bond donors (Lipinski definition) is 0. The van der Waals surface area contributed by atoms with Gasteiger partial charge in [0.2, 0.25) is 0 Å². The minimum absolute atomic E-state index is 0. The van der Waals surface area contributed by atoms with Crippen LogP contribution in [0, 0.1) is 0 Å². The van der Waals surface area contributed by atoms with E-state index < -0.39 is 0 Å². The molecule has 0 unspecified atom stereocenters. The first-order valence-electron chi connectivity index (χ1n) is 1.12. The normalized spacial score (nSPS) is 5.33. The van der Waals surface area contributed by atoms with Crippen molar-refractivity contribution in [2.24, 2.45) is 0 Å². The van der Waals surface area contributed by atoms with Crippen molar-refractivity contribution in [3.63, 3.8) is 0 Å². The third kappa shape index (κ3) is 8.82. The van der Waals surface area contributed by atoms with E-state index in [2.05, 4.69) is 0 Å². The molecule has 3 heteroatoms. The maximum atomic E-state index is 9.02. The molecule has 2 nitrogen and oxygen atoms in total. The van der Waals surface area contributed by atoms with Gasteiger partial charge >= 0.3 is 0 Å². The maximum absolute atomic E-state index is 9.02. The molecule has 0 spiro atoms. The van der Waals surface area contributed by atoms with Crippen molar-refractivity contribution in [1.82, 2.24) is 0 Å². The van der Waals surface area contributed by atoms with Gasteiger partial charge < -0.3 is 9.59 Å². The van der Waals surface area contributed by atoms with Gasteiger partial charge in [0, 0.05) is 32.7 Å². The number of carbonyl (C=O) groups excluding carboxylic acids is 2. The predicted molar refractivity (Wildman–Crippen MR) is 16.0 cm³/mol. The fourth-order valence-corrected chi connectivity index (χ4v) is 0.0295. The van der Waals surface area contributed by atoms with Crippen LogP contribution < -0.4 is 0 Å². The largest absolute Gasteiger partial charge is 0.544 e. The molecule has 0 aromatic heterocycles. The Morgan fingerprint density at radius 1 is 1.17 bits per heavy atom. The average molecular weight is 159 g/mol. The second-order valence-electron chi connectivity index (χ2n) is 0.465. The summed E-state index contributed by atoms with van der Waals surface area (Å²) < 4.78 is 0. The van der Waals surface area contributed by atoms with Crippen molar-refractivity contribution >= 4 is 12.6 Å². The smallest absolute Gasteiger partial charge is 0 e. The van der Waals surface area contributed by atoms with Gasteiger partial charge in [0.05, 0.1) is 0 Å². The van der Waals surface area contributed by atoms with Crippen molar-refractivity contribution < 1.29 is 42.3 Å². The summed E-state index contributed by atoms with van der Waals surface area (Å²) in [5, 5.41) is 0. The van der Waals surface area contributed by atoms with Gasteiger partial charge in [0.1, 0.15) is 0 Å². The summed E-state index contributed by atoms with van der Waals surface area (Å²) in [7, 11) is 0. The fourth-order valence-electron chi connectivity index (χ4n) is 0.0295. The van der Waals surface area contributed by atoms with E-state index in [1.807, 2.05) is 0 Å². The zero-order valence-corrected chi connectivity index (χ0v) is 5.94. The summed E-state index contributed by atoms with van der Waals surface area (Å²) in [5.41, 5.74) is 0. The molecule has 0 aliphatic rings. The van der Waals surface area contributed by atoms with Crippen LogP contribution in [0.3, 0.4) is 0 Å². The summed E-state index contributed by atoms with van der Waals surface area (Å²) in [6.07, 6.45) is 2.47. The van der Waals surface area contributed by atoms with Gasteiger partial charge in [-0.15, -0.1) is 0 Å². The van der Waals surface area contributed by atoms with Crippen LogP contribution in [0.5, 0.6) is 0 Å². The van der Waals surface area contributed by atoms with Gasteiger partial charge in [-0.25, -0.2) is 0 Å². The molecule has 0 aromatic rings. The van der Waals surface area contributed by atoms with Gasteiger partial charge in [-0.3, -0.25) is 19.0 Å². The van der Waals surface area contributed by atoms with Crippen LogP contribution in [0.1, 0.15) is 6.42 Å². The molecule has 0 aliphatic carbocycles. The Kier molecular flexibility index (Phi) is 14.6. The van der Waals surface area contributed by atoms with Crippen LogP contribution in [0.2, 0.25) is 0 Å². The molecule has 0 N–H and O–H groups in total. The summed E-state index contributed by atoms with van der Waals surface area (Å²) >= 11 is 0. The summed E-state index contributed by atoms with van der Waals surface area (Å²) in [5.74, 6) is 0. The van der Waals surface area contributed by atoms with Crippen LogP contribution in [-0.4, -0.2) is 12.6 Å². The Morgan fingerprint density at radius 3 is 1.50 bits per heavy atom. The average Bonchev–Trinajstić information content (AvgIpc) is 1.41. The molecule has 6 heavy (non-hydrogen) atoms. The van der Waals surface area contributed by atoms with E-state index in [1.54, 1.807) is 0 Å². The van der Waals surface area contributed by atoms with E-state index >= 15 is 0 Å². The fraction of sp³-hybridized carbons (Fsp3) is 0.333. The molecule has 0 aromatic carbocycles. The standard InChI is InChI=1S/C3H2O2.Y/c4-2-1-3-5;/h1H2;/q-2;. The molecule has 31 valence electrons. The van der Waals surface area contributed by atoms with E-state index in [0.717, 1.165) is 0 Å². The first-order valence-corrected chi connectivity index (χ1v) is 1.12. The van der Waals surface area contributed by atoms with Crippen molar-refractivity contribution in [2.75, 3.05) is 0 Å². The summed E-state index contributed by atoms with van der Waals surface area (Å²) in [6.45, 7) is 0. The van der Waals surface area contributed by atoms with Crippen LogP contribution in [0.25, 0.3) is 0 Å². The molecule has 0 aliphatic heterocycles.